The molecule has 19 heavy (non-hydrogen) atoms. The van der Waals surface area contributed by atoms with Gasteiger partial charge in [-0.25, -0.2) is 0 Å². The summed E-state index contributed by atoms with van der Waals surface area (Å²) in [6.45, 7) is 2.95. The Hall–Kier alpha value is -1.51. The molecule has 3 heteroatoms. The van der Waals surface area contributed by atoms with Crippen molar-refractivity contribution < 1.29 is 0 Å². The Bertz CT molecular complexity index is 581. The first-order valence-electron chi connectivity index (χ1n) is 6.55. The van der Waals surface area contributed by atoms with Crippen LogP contribution in [0.3, 0.4) is 0 Å². The highest BCUT2D eigenvalue weighted by Gasteiger charge is 2.18. The normalized spacial score (nSPS) is 15.2. The molecule has 2 N–H and O–H groups in total. The van der Waals surface area contributed by atoms with E-state index in [-0.39, 0.29) is 0 Å². The molecule has 0 aromatic heterocycles. The first-order chi connectivity index (χ1) is 9.22. The first kappa shape index (κ1) is 12.5. The van der Waals surface area contributed by atoms with Crippen LogP contribution in [0.4, 0.5) is 5.69 Å². The predicted octanol–water partition coefficient (Wildman–Crippen LogP) is 3.48. The summed E-state index contributed by atoms with van der Waals surface area (Å²) in [6.07, 6.45) is 1.00. The van der Waals surface area contributed by atoms with Gasteiger partial charge in [-0.1, -0.05) is 41.9 Å². The molecule has 1 aliphatic heterocycles. The Morgan fingerprint density at radius 2 is 1.95 bits per heavy atom. The number of rotatable bonds is 2. The van der Waals surface area contributed by atoms with Crippen LogP contribution in [-0.2, 0) is 19.5 Å². The van der Waals surface area contributed by atoms with Crippen LogP contribution >= 0.6 is 11.6 Å². The molecule has 0 spiro atoms. The van der Waals surface area contributed by atoms with Gasteiger partial charge in [0.1, 0.15) is 0 Å². The van der Waals surface area contributed by atoms with E-state index in [1.807, 2.05) is 6.07 Å². The molecular formula is C16H17ClN2. The zero-order chi connectivity index (χ0) is 13.2. The maximum Gasteiger partial charge on any atom is 0.0462 e. The largest absolute Gasteiger partial charge is 0.399 e. The number of hydrogen-bond donors (Lipinski definition) is 1. The highest BCUT2D eigenvalue weighted by Crippen LogP contribution is 2.29. The van der Waals surface area contributed by atoms with Crippen molar-refractivity contribution in [2.75, 3.05) is 12.3 Å². The summed E-state index contributed by atoms with van der Waals surface area (Å²) in [6, 6.07) is 14.5. The second-order valence-electron chi connectivity index (χ2n) is 5.09. The Labute approximate surface area is 118 Å². The van der Waals surface area contributed by atoms with Crippen LogP contribution < -0.4 is 5.73 Å². The third-order valence-corrected chi connectivity index (χ3v) is 3.97. The molecule has 1 heterocycles. The lowest BCUT2D eigenvalue weighted by Crippen LogP contribution is -2.30. The number of benzene rings is 2. The van der Waals surface area contributed by atoms with Crippen molar-refractivity contribution in [2.45, 2.75) is 19.5 Å². The monoisotopic (exact) mass is 272 g/mol. The second kappa shape index (κ2) is 5.24. The van der Waals surface area contributed by atoms with E-state index in [2.05, 4.69) is 41.3 Å². The molecule has 0 amide bonds. The topological polar surface area (TPSA) is 29.3 Å². The number of nitrogen functional groups attached to an aromatic ring is 1. The Kier molecular flexibility index (Phi) is 3.45. The third kappa shape index (κ3) is 2.75. The van der Waals surface area contributed by atoms with Crippen LogP contribution in [0.5, 0.6) is 0 Å². The highest BCUT2D eigenvalue weighted by molar-refractivity contribution is 6.31. The molecule has 0 unspecified atom stereocenters. The van der Waals surface area contributed by atoms with Crippen molar-refractivity contribution in [1.29, 1.82) is 0 Å². The fourth-order valence-corrected chi connectivity index (χ4v) is 3.05. The van der Waals surface area contributed by atoms with Crippen molar-refractivity contribution in [3.05, 3.63) is 64.2 Å². The lowest BCUT2D eigenvalue weighted by molar-refractivity contribution is 0.245. The third-order valence-electron chi connectivity index (χ3n) is 3.63. The molecule has 0 fully saturated rings. The van der Waals surface area contributed by atoms with E-state index in [4.69, 9.17) is 17.3 Å². The number of hydrogen-bond acceptors (Lipinski definition) is 2. The molecule has 2 aromatic rings. The molecular weight excluding hydrogens is 256 g/mol. The standard InChI is InChI=1S/C16H17ClN2/c17-16-9-14(18)8-13-11-19(7-6-15(13)16)10-12-4-2-1-3-5-12/h1-5,8-9H,6-7,10-11,18H2. The van der Waals surface area contributed by atoms with Gasteiger partial charge in [0.25, 0.3) is 0 Å². The molecule has 1 aliphatic rings. The summed E-state index contributed by atoms with van der Waals surface area (Å²) in [5.74, 6) is 0. The average molecular weight is 273 g/mol. The van der Waals surface area contributed by atoms with E-state index in [0.29, 0.717) is 0 Å². The van der Waals surface area contributed by atoms with E-state index in [1.54, 1.807) is 0 Å². The smallest absolute Gasteiger partial charge is 0.0462 e. The van der Waals surface area contributed by atoms with E-state index in [9.17, 15) is 0 Å². The van der Waals surface area contributed by atoms with Gasteiger partial charge < -0.3 is 5.73 Å². The summed E-state index contributed by atoms with van der Waals surface area (Å²) >= 11 is 6.26. The van der Waals surface area contributed by atoms with Crippen molar-refractivity contribution in [3.8, 4) is 0 Å². The minimum atomic E-state index is 0.755. The van der Waals surface area contributed by atoms with Crippen LogP contribution in [0, 0.1) is 0 Å². The van der Waals surface area contributed by atoms with Gasteiger partial charge in [-0.15, -0.1) is 0 Å². The average Bonchev–Trinajstić information content (AvgIpc) is 2.39. The van der Waals surface area contributed by atoms with Gasteiger partial charge in [-0.2, -0.15) is 0 Å². The molecule has 2 aromatic carbocycles. The van der Waals surface area contributed by atoms with Crippen LogP contribution in [0.25, 0.3) is 0 Å². The quantitative estimate of drug-likeness (QED) is 0.848. The summed E-state index contributed by atoms with van der Waals surface area (Å²) in [4.78, 5) is 2.44. The van der Waals surface area contributed by atoms with Crippen LogP contribution in [-0.4, -0.2) is 11.4 Å². The fourth-order valence-electron chi connectivity index (χ4n) is 2.70. The van der Waals surface area contributed by atoms with Crippen LogP contribution in [0.1, 0.15) is 16.7 Å². The van der Waals surface area contributed by atoms with Crippen LogP contribution in [0.2, 0.25) is 5.02 Å². The number of anilines is 1. The summed E-state index contributed by atoms with van der Waals surface area (Å²) in [7, 11) is 0. The minimum Gasteiger partial charge on any atom is -0.399 e. The van der Waals surface area contributed by atoms with Gasteiger partial charge in [0.15, 0.2) is 0 Å². The highest BCUT2D eigenvalue weighted by atomic mass is 35.5. The summed E-state index contributed by atoms with van der Waals surface area (Å²) < 4.78 is 0. The number of fused-ring (bicyclic) bond motifs is 1. The summed E-state index contributed by atoms with van der Waals surface area (Å²) in [5.41, 5.74) is 10.5. The number of nitrogens with zero attached hydrogens (tertiary/aromatic N) is 1. The predicted molar refractivity (Wildman–Crippen MR) is 80.1 cm³/mol. The van der Waals surface area contributed by atoms with Crippen molar-refractivity contribution in [1.82, 2.24) is 4.90 Å². The lowest BCUT2D eigenvalue weighted by atomic mass is 9.98. The SMILES string of the molecule is Nc1cc(Cl)c2c(c1)CN(Cc1ccccc1)CC2. The van der Waals surface area contributed by atoms with Crippen molar-refractivity contribution >= 4 is 17.3 Å². The van der Waals surface area contributed by atoms with E-state index >= 15 is 0 Å². The van der Waals surface area contributed by atoms with Crippen molar-refractivity contribution in [2.24, 2.45) is 0 Å². The minimum absolute atomic E-state index is 0.755. The number of halogens is 1. The summed E-state index contributed by atoms with van der Waals surface area (Å²) in [5, 5.41) is 0.814. The molecule has 98 valence electrons. The molecule has 0 aliphatic carbocycles. The first-order valence-corrected chi connectivity index (χ1v) is 6.93. The zero-order valence-corrected chi connectivity index (χ0v) is 11.5. The lowest BCUT2D eigenvalue weighted by Gasteiger charge is -2.29. The van der Waals surface area contributed by atoms with Gasteiger partial charge in [0, 0.05) is 30.3 Å². The van der Waals surface area contributed by atoms with E-state index < -0.39 is 0 Å². The molecule has 0 bridgehead atoms. The molecule has 3 rings (SSSR count). The Morgan fingerprint density at radius 1 is 1.16 bits per heavy atom. The maximum absolute atomic E-state index is 6.26. The Balaban J connectivity index is 1.79. The van der Waals surface area contributed by atoms with Crippen LogP contribution in [0.15, 0.2) is 42.5 Å². The maximum atomic E-state index is 6.26. The van der Waals surface area contributed by atoms with Gasteiger partial charge in [-0.3, -0.25) is 4.90 Å². The van der Waals surface area contributed by atoms with Gasteiger partial charge in [0.05, 0.1) is 0 Å². The van der Waals surface area contributed by atoms with Crippen molar-refractivity contribution in [3.63, 3.8) is 0 Å². The van der Waals surface area contributed by atoms with Gasteiger partial charge >= 0.3 is 0 Å². The molecule has 0 atom stereocenters. The Morgan fingerprint density at radius 3 is 2.74 bits per heavy atom. The van der Waals surface area contributed by atoms with Gasteiger partial charge in [0.2, 0.25) is 0 Å². The zero-order valence-electron chi connectivity index (χ0n) is 10.8. The molecule has 0 saturated carbocycles. The second-order valence-corrected chi connectivity index (χ2v) is 5.49. The van der Waals surface area contributed by atoms with Gasteiger partial charge in [-0.05, 0) is 35.2 Å². The molecule has 0 saturated heterocycles. The van der Waals surface area contributed by atoms with E-state index in [1.165, 1.54) is 16.7 Å². The molecule has 0 radical (unpaired) electrons. The fraction of sp³-hybridized carbons (Fsp3) is 0.250. The number of nitrogens with two attached hydrogens (primary N) is 1. The van der Waals surface area contributed by atoms with E-state index in [0.717, 1.165) is 36.8 Å². The molecule has 2 nitrogen and oxygen atoms in total.